The maximum absolute atomic E-state index is 4.07. The van der Waals surface area contributed by atoms with Crippen LogP contribution in [-0.4, -0.2) is 0 Å². The van der Waals surface area contributed by atoms with Gasteiger partial charge in [0, 0.05) is 17.3 Å². The summed E-state index contributed by atoms with van der Waals surface area (Å²) in [4.78, 5) is 0. The molecule has 1 heteroatoms. The van der Waals surface area contributed by atoms with Crippen LogP contribution in [-0.2, 0) is 0 Å². The number of hydrogen-bond acceptors (Lipinski definition) is 1. The highest BCUT2D eigenvalue weighted by Crippen LogP contribution is 2.32. The monoisotopic (exact) mass is 199 g/mol. The molecular weight excluding hydrogens is 182 g/mol. The van der Waals surface area contributed by atoms with Crippen LogP contribution in [0.15, 0.2) is 48.8 Å². The Hall–Kier alpha value is -1.50. The standard InChI is InChI=1S/C14H17N/c1-10-4-7-13(8-5-10)14-9-6-11(2)15-12(14)3/h4-5,7-8,14-15H,2-3,6,9H2,1H3. The first kappa shape index (κ1) is 10.0. The summed E-state index contributed by atoms with van der Waals surface area (Å²) in [5, 5.41) is 3.25. The smallest absolute Gasteiger partial charge is 0.0238 e. The van der Waals surface area contributed by atoms with Crippen molar-refractivity contribution >= 4 is 0 Å². The molecule has 1 N–H and O–H groups in total. The minimum atomic E-state index is 0.441. The molecule has 0 amide bonds. The summed E-state index contributed by atoms with van der Waals surface area (Å²) < 4.78 is 0. The van der Waals surface area contributed by atoms with Crippen LogP contribution in [0.5, 0.6) is 0 Å². The van der Waals surface area contributed by atoms with Crippen molar-refractivity contribution in [2.75, 3.05) is 0 Å². The van der Waals surface area contributed by atoms with Gasteiger partial charge >= 0.3 is 0 Å². The maximum Gasteiger partial charge on any atom is 0.0238 e. The number of allylic oxidation sites excluding steroid dienone is 2. The molecule has 1 fully saturated rings. The summed E-state index contributed by atoms with van der Waals surface area (Å²) in [5.74, 6) is 0.441. The molecule has 1 saturated heterocycles. The first-order chi connectivity index (χ1) is 7.16. The summed E-state index contributed by atoms with van der Waals surface area (Å²) >= 11 is 0. The van der Waals surface area contributed by atoms with Gasteiger partial charge in [-0.1, -0.05) is 43.0 Å². The summed E-state index contributed by atoms with van der Waals surface area (Å²) in [6, 6.07) is 8.71. The van der Waals surface area contributed by atoms with E-state index < -0.39 is 0 Å². The molecule has 0 aliphatic carbocycles. The molecule has 78 valence electrons. The second-order valence-electron chi connectivity index (χ2n) is 4.26. The normalized spacial score (nSPS) is 21.3. The first-order valence-corrected chi connectivity index (χ1v) is 5.37. The zero-order valence-corrected chi connectivity index (χ0v) is 9.22. The van der Waals surface area contributed by atoms with Crippen molar-refractivity contribution in [2.45, 2.75) is 25.7 Å². The highest BCUT2D eigenvalue weighted by Gasteiger charge is 2.20. The Morgan fingerprint density at radius 3 is 2.47 bits per heavy atom. The lowest BCUT2D eigenvalue weighted by atomic mass is 9.88. The average Bonchev–Trinajstić information content (AvgIpc) is 2.20. The molecule has 1 atom stereocenters. The number of benzene rings is 1. The van der Waals surface area contributed by atoms with Crippen LogP contribution in [0.3, 0.4) is 0 Å². The molecule has 0 radical (unpaired) electrons. The Morgan fingerprint density at radius 2 is 1.87 bits per heavy atom. The Morgan fingerprint density at radius 1 is 1.20 bits per heavy atom. The first-order valence-electron chi connectivity index (χ1n) is 5.37. The van der Waals surface area contributed by atoms with Gasteiger partial charge < -0.3 is 5.32 Å². The summed E-state index contributed by atoms with van der Waals surface area (Å²) in [6.45, 7) is 10.1. The van der Waals surface area contributed by atoms with Gasteiger partial charge in [0.1, 0.15) is 0 Å². The molecule has 1 nitrogen and oxygen atoms in total. The van der Waals surface area contributed by atoms with Crippen molar-refractivity contribution in [3.05, 3.63) is 59.9 Å². The Balaban J connectivity index is 2.20. The van der Waals surface area contributed by atoms with E-state index in [4.69, 9.17) is 0 Å². The fourth-order valence-corrected chi connectivity index (χ4v) is 2.04. The molecule has 15 heavy (non-hydrogen) atoms. The second-order valence-corrected chi connectivity index (χ2v) is 4.26. The van der Waals surface area contributed by atoms with Gasteiger partial charge in [-0.3, -0.25) is 0 Å². The minimum absolute atomic E-state index is 0.441. The third-order valence-electron chi connectivity index (χ3n) is 2.97. The van der Waals surface area contributed by atoms with Crippen molar-refractivity contribution in [1.82, 2.24) is 5.32 Å². The van der Waals surface area contributed by atoms with Crippen molar-refractivity contribution in [3.63, 3.8) is 0 Å². The third kappa shape index (κ3) is 2.12. The van der Waals surface area contributed by atoms with Crippen LogP contribution in [0.4, 0.5) is 0 Å². The number of hydrogen-bond donors (Lipinski definition) is 1. The van der Waals surface area contributed by atoms with E-state index in [2.05, 4.69) is 49.7 Å². The van der Waals surface area contributed by atoms with Gasteiger partial charge in [-0.15, -0.1) is 0 Å². The van der Waals surface area contributed by atoms with Gasteiger partial charge in [-0.05, 0) is 25.3 Å². The highest BCUT2D eigenvalue weighted by molar-refractivity contribution is 5.32. The summed E-state index contributed by atoms with van der Waals surface area (Å²) in [7, 11) is 0. The Kier molecular flexibility index (Phi) is 2.63. The van der Waals surface area contributed by atoms with Gasteiger partial charge in [0.2, 0.25) is 0 Å². The molecule has 0 saturated carbocycles. The average molecular weight is 199 g/mol. The van der Waals surface area contributed by atoms with Crippen molar-refractivity contribution in [2.24, 2.45) is 0 Å². The Labute approximate surface area is 91.5 Å². The number of rotatable bonds is 1. The van der Waals surface area contributed by atoms with E-state index in [0.717, 1.165) is 24.2 Å². The topological polar surface area (TPSA) is 12.0 Å². The highest BCUT2D eigenvalue weighted by atomic mass is 14.9. The van der Waals surface area contributed by atoms with E-state index in [9.17, 15) is 0 Å². The molecule has 0 bridgehead atoms. The van der Waals surface area contributed by atoms with Crippen molar-refractivity contribution < 1.29 is 0 Å². The number of aryl methyl sites for hydroxylation is 1. The van der Waals surface area contributed by atoms with Crippen LogP contribution in [0.1, 0.15) is 29.9 Å². The van der Waals surface area contributed by atoms with Crippen molar-refractivity contribution in [1.29, 1.82) is 0 Å². The molecule has 2 rings (SSSR count). The van der Waals surface area contributed by atoms with Crippen LogP contribution in [0.2, 0.25) is 0 Å². The SMILES string of the molecule is C=C1CCC(c2ccc(C)cc2)C(=C)N1. The Bertz CT molecular complexity index is 386. The molecule has 1 aliphatic heterocycles. The molecule has 1 heterocycles. The van der Waals surface area contributed by atoms with E-state index in [0.29, 0.717) is 5.92 Å². The van der Waals surface area contributed by atoms with Gasteiger partial charge in [0.15, 0.2) is 0 Å². The van der Waals surface area contributed by atoms with Gasteiger partial charge in [0.05, 0.1) is 0 Å². The van der Waals surface area contributed by atoms with Crippen LogP contribution in [0, 0.1) is 6.92 Å². The molecule has 0 aromatic heterocycles. The fraction of sp³-hybridized carbons (Fsp3) is 0.286. The lowest BCUT2D eigenvalue weighted by molar-refractivity contribution is 0.593. The summed E-state index contributed by atoms with van der Waals surface area (Å²) in [6.07, 6.45) is 2.16. The quantitative estimate of drug-likeness (QED) is 0.730. The third-order valence-corrected chi connectivity index (χ3v) is 2.97. The molecule has 0 spiro atoms. The summed E-state index contributed by atoms with van der Waals surface area (Å²) in [5.41, 5.74) is 4.82. The van der Waals surface area contributed by atoms with Gasteiger partial charge in [-0.2, -0.15) is 0 Å². The van der Waals surface area contributed by atoms with Crippen LogP contribution >= 0.6 is 0 Å². The van der Waals surface area contributed by atoms with Gasteiger partial charge in [0.25, 0.3) is 0 Å². The zero-order valence-electron chi connectivity index (χ0n) is 9.22. The second kappa shape index (κ2) is 3.93. The van der Waals surface area contributed by atoms with E-state index in [-0.39, 0.29) is 0 Å². The molecular formula is C14H17N. The lowest BCUT2D eigenvalue weighted by Gasteiger charge is -2.28. The van der Waals surface area contributed by atoms with Gasteiger partial charge in [-0.25, -0.2) is 0 Å². The minimum Gasteiger partial charge on any atom is -0.363 e. The molecule has 1 aromatic carbocycles. The number of nitrogens with one attached hydrogen (secondary N) is 1. The van der Waals surface area contributed by atoms with E-state index in [1.807, 2.05) is 0 Å². The van der Waals surface area contributed by atoms with E-state index in [1.54, 1.807) is 0 Å². The maximum atomic E-state index is 4.07. The van der Waals surface area contributed by atoms with Crippen LogP contribution < -0.4 is 5.32 Å². The van der Waals surface area contributed by atoms with Crippen LogP contribution in [0.25, 0.3) is 0 Å². The molecule has 1 unspecified atom stereocenters. The zero-order chi connectivity index (χ0) is 10.8. The number of piperidine rings is 1. The predicted octanol–water partition coefficient (Wildman–Crippen LogP) is 3.49. The fourth-order valence-electron chi connectivity index (χ4n) is 2.04. The van der Waals surface area contributed by atoms with Crippen molar-refractivity contribution in [3.8, 4) is 0 Å². The van der Waals surface area contributed by atoms with E-state index in [1.165, 1.54) is 11.1 Å². The predicted molar refractivity (Wildman–Crippen MR) is 64.6 cm³/mol. The largest absolute Gasteiger partial charge is 0.363 e. The van der Waals surface area contributed by atoms with E-state index >= 15 is 0 Å². The molecule has 1 aromatic rings. The molecule has 1 aliphatic rings. The lowest BCUT2D eigenvalue weighted by Crippen LogP contribution is -2.23.